The first-order valence-corrected chi connectivity index (χ1v) is 7.30. The van der Waals surface area contributed by atoms with Crippen molar-refractivity contribution in [3.05, 3.63) is 66.5 Å². The number of para-hydroxylation sites is 1. The van der Waals surface area contributed by atoms with Crippen molar-refractivity contribution >= 4 is 11.6 Å². The first-order valence-electron chi connectivity index (χ1n) is 7.30. The average Bonchev–Trinajstić information content (AvgIpc) is 3.09. The Bertz CT molecular complexity index is 780. The Hall–Kier alpha value is -3.08. The van der Waals surface area contributed by atoms with E-state index in [0.717, 1.165) is 28.1 Å². The summed E-state index contributed by atoms with van der Waals surface area (Å²) < 4.78 is 5.53. The molecule has 0 unspecified atom stereocenters. The van der Waals surface area contributed by atoms with Crippen LogP contribution in [0.15, 0.2) is 60.9 Å². The largest absolute Gasteiger partial charge is 0.483 e. The topological polar surface area (TPSA) is 67.0 Å². The number of hydrogen-bond acceptors (Lipinski definition) is 3. The van der Waals surface area contributed by atoms with Crippen molar-refractivity contribution in [1.82, 2.24) is 10.2 Å². The molecule has 1 aromatic heterocycles. The van der Waals surface area contributed by atoms with E-state index in [2.05, 4.69) is 15.5 Å². The Morgan fingerprint density at radius 2 is 1.91 bits per heavy atom. The van der Waals surface area contributed by atoms with Gasteiger partial charge >= 0.3 is 0 Å². The third-order valence-corrected chi connectivity index (χ3v) is 3.45. The van der Waals surface area contributed by atoms with Gasteiger partial charge in [-0.15, -0.1) is 0 Å². The van der Waals surface area contributed by atoms with Crippen LogP contribution >= 0.6 is 0 Å². The molecule has 0 saturated carbocycles. The number of amides is 1. The van der Waals surface area contributed by atoms with Gasteiger partial charge in [-0.2, -0.15) is 5.10 Å². The zero-order chi connectivity index (χ0) is 16.1. The van der Waals surface area contributed by atoms with E-state index in [1.54, 1.807) is 6.20 Å². The molecule has 0 bridgehead atoms. The maximum atomic E-state index is 12.0. The summed E-state index contributed by atoms with van der Waals surface area (Å²) in [5, 5.41) is 9.51. The van der Waals surface area contributed by atoms with Gasteiger partial charge in [0.2, 0.25) is 0 Å². The third kappa shape index (κ3) is 3.77. The minimum absolute atomic E-state index is 0.0195. The summed E-state index contributed by atoms with van der Waals surface area (Å²) in [5.74, 6) is 0.530. The van der Waals surface area contributed by atoms with E-state index < -0.39 is 0 Å². The van der Waals surface area contributed by atoms with Crippen molar-refractivity contribution in [2.45, 2.75) is 6.92 Å². The van der Waals surface area contributed by atoms with Gasteiger partial charge in [-0.25, -0.2) is 0 Å². The predicted molar refractivity (Wildman–Crippen MR) is 89.3 cm³/mol. The Balaban J connectivity index is 1.57. The minimum Gasteiger partial charge on any atom is -0.483 e. The summed E-state index contributed by atoms with van der Waals surface area (Å²) in [6.07, 6.45) is 3.58. The highest BCUT2D eigenvalue weighted by molar-refractivity contribution is 5.92. The van der Waals surface area contributed by atoms with Crippen LogP contribution in [0, 0.1) is 6.92 Å². The lowest BCUT2D eigenvalue weighted by Crippen LogP contribution is -2.20. The molecule has 3 rings (SSSR count). The van der Waals surface area contributed by atoms with Gasteiger partial charge in [-0.1, -0.05) is 30.3 Å². The number of rotatable bonds is 5. The molecule has 0 fully saturated rings. The van der Waals surface area contributed by atoms with Crippen LogP contribution in [0.4, 0.5) is 5.69 Å². The summed E-state index contributed by atoms with van der Waals surface area (Å²) in [4.78, 5) is 12.0. The third-order valence-electron chi connectivity index (χ3n) is 3.45. The summed E-state index contributed by atoms with van der Waals surface area (Å²) >= 11 is 0. The number of carbonyl (C=O) groups is 1. The smallest absolute Gasteiger partial charge is 0.262 e. The normalized spacial score (nSPS) is 10.3. The zero-order valence-electron chi connectivity index (χ0n) is 12.7. The van der Waals surface area contributed by atoms with Crippen LogP contribution in [0.2, 0.25) is 0 Å². The molecule has 1 amide bonds. The molecular formula is C18H17N3O2. The van der Waals surface area contributed by atoms with E-state index in [9.17, 15) is 4.79 Å². The van der Waals surface area contributed by atoms with E-state index in [0.29, 0.717) is 0 Å². The Morgan fingerprint density at radius 3 is 2.61 bits per heavy atom. The molecule has 0 radical (unpaired) electrons. The second kappa shape index (κ2) is 6.79. The molecule has 0 atom stereocenters. The molecule has 5 nitrogen and oxygen atoms in total. The molecule has 0 aliphatic carbocycles. The standard InChI is InChI=1S/C18H17N3O2/c1-13-4-2-3-5-17(13)23-12-18(22)21-16-8-6-14(7-9-16)15-10-19-20-11-15/h2-11H,12H2,1H3,(H,19,20)(H,21,22). The molecule has 23 heavy (non-hydrogen) atoms. The number of aromatic amines is 1. The van der Waals surface area contributed by atoms with Gasteiger partial charge in [0.1, 0.15) is 5.75 Å². The summed E-state index contributed by atoms with van der Waals surface area (Å²) in [5.41, 5.74) is 3.78. The van der Waals surface area contributed by atoms with Gasteiger partial charge in [0, 0.05) is 17.4 Å². The lowest BCUT2D eigenvalue weighted by atomic mass is 10.1. The number of aryl methyl sites for hydroxylation is 1. The number of aromatic nitrogens is 2. The molecule has 1 heterocycles. The van der Waals surface area contributed by atoms with Crippen molar-refractivity contribution in [2.75, 3.05) is 11.9 Å². The fourth-order valence-corrected chi connectivity index (χ4v) is 2.21. The van der Waals surface area contributed by atoms with Crippen LogP contribution in [-0.4, -0.2) is 22.7 Å². The number of H-pyrrole nitrogens is 1. The molecular weight excluding hydrogens is 290 g/mol. The van der Waals surface area contributed by atoms with Crippen molar-refractivity contribution in [1.29, 1.82) is 0 Å². The van der Waals surface area contributed by atoms with Crippen molar-refractivity contribution < 1.29 is 9.53 Å². The summed E-state index contributed by atoms with van der Waals surface area (Å²) in [6, 6.07) is 15.2. The lowest BCUT2D eigenvalue weighted by Gasteiger charge is -2.09. The maximum absolute atomic E-state index is 12.0. The molecule has 2 aromatic carbocycles. The Labute approximate surface area is 134 Å². The number of carbonyl (C=O) groups excluding carboxylic acids is 1. The number of hydrogen-bond donors (Lipinski definition) is 2. The van der Waals surface area contributed by atoms with Gasteiger partial charge in [-0.3, -0.25) is 9.89 Å². The second-order valence-electron chi connectivity index (χ2n) is 5.17. The molecule has 0 spiro atoms. The lowest BCUT2D eigenvalue weighted by molar-refractivity contribution is -0.118. The number of benzene rings is 2. The molecule has 0 aliphatic rings. The minimum atomic E-state index is -0.190. The molecule has 3 aromatic rings. The highest BCUT2D eigenvalue weighted by Crippen LogP contribution is 2.20. The SMILES string of the molecule is Cc1ccccc1OCC(=O)Nc1ccc(-c2cn[nH]c2)cc1. The Kier molecular flexibility index (Phi) is 4.38. The van der Waals surface area contributed by atoms with Crippen LogP contribution in [0.25, 0.3) is 11.1 Å². The van der Waals surface area contributed by atoms with Crippen LogP contribution in [-0.2, 0) is 4.79 Å². The van der Waals surface area contributed by atoms with Crippen molar-refractivity contribution in [2.24, 2.45) is 0 Å². The highest BCUT2D eigenvalue weighted by Gasteiger charge is 2.06. The van der Waals surface area contributed by atoms with Crippen LogP contribution in [0.1, 0.15) is 5.56 Å². The average molecular weight is 307 g/mol. The molecule has 0 saturated heterocycles. The number of anilines is 1. The highest BCUT2D eigenvalue weighted by atomic mass is 16.5. The van der Waals surface area contributed by atoms with Crippen LogP contribution < -0.4 is 10.1 Å². The van der Waals surface area contributed by atoms with Crippen LogP contribution in [0.3, 0.4) is 0 Å². The van der Waals surface area contributed by atoms with Crippen molar-refractivity contribution in [3.8, 4) is 16.9 Å². The molecule has 5 heteroatoms. The monoisotopic (exact) mass is 307 g/mol. The van der Waals surface area contributed by atoms with Gasteiger partial charge in [0.15, 0.2) is 6.61 Å². The first-order chi connectivity index (χ1) is 11.2. The van der Waals surface area contributed by atoms with E-state index >= 15 is 0 Å². The van der Waals surface area contributed by atoms with E-state index in [1.165, 1.54) is 0 Å². The van der Waals surface area contributed by atoms with Gasteiger partial charge < -0.3 is 10.1 Å². The van der Waals surface area contributed by atoms with Gasteiger partial charge in [0.05, 0.1) is 6.20 Å². The Morgan fingerprint density at radius 1 is 1.13 bits per heavy atom. The predicted octanol–water partition coefficient (Wildman–Crippen LogP) is 3.40. The number of ether oxygens (including phenoxy) is 1. The van der Waals surface area contributed by atoms with E-state index in [1.807, 2.05) is 61.7 Å². The second-order valence-corrected chi connectivity index (χ2v) is 5.17. The fourth-order valence-electron chi connectivity index (χ4n) is 2.21. The maximum Gasteiger partial charge on any atom is 0.262 e. The molecule has 116 valence electrons. The van der Waals surface area contributed by atoms with Crippen LogP contribution in [0.5, 0.6) is 5.75 Å². The van der Waals surface area contributed by atoms with Crippen molar-refractivity contribution in [3.63, 3.8) is 0 Å². The zero-order valence-corrected chi connectivity index (χ0v) is 12.7. The first kappa shape index (κ1) is 14.8. The fraction of sp³-hybridized carbons (Fsp3) is 0.111. The van der Waals surface area contributed by atoms with Gasteiger partial charge in [0.25, 0.3) is 5.91 Å². The quantitative estimate of drug-likeness (QED) is 0.759. The van der Waals surface area contributed by atoms with Gasteiger partial charge in [-0.05, 0) is 36.2 Å². The van der Waals surface area contributed by atoms with E-state index in [4.69, 9.17) is 4.74 Å². The summed E-state index contributed by atoms with van der Waals surface area (Å²) in [7, 11) is 0. The van der Waals surface area contributed by atoms with E-state index in [-0.39, 0.29) is 12.5 Å². The molecule has 0 aliphatic heterocycles. The molecule has 2 N–H and O–H groups in total. The number of nitrogens with zero attached hydrogens (tertiary/aromatic N) is 1. The summed E-state index contributed by atoms with van der Waals surface area (Å²) in [6.45, 7) is 1.93. The number of nitrogens with one attached hydrogen (secondary N) is 2.